The zero-order valence-electron chi connectivity index (χ0n) is 13.3. The van der Waals surface area contributed by atoms with Gasteiger partial charge in [0, 0.05) is 29.6 Å². The van der Waals surface area contributed by atoms with Gasteiger partial charge in [0.15, 0.2) is 6.61 Å². The normalized spacial score (nSPS) is 12.5. The molecule has 6 heteroatoms. The van der Waals surface area contributed by atoms with Crippen molar-refractivity contribution in [3.8, 4) is 11.5 Å². The second-order valence-electron chi connectivity index (χ2n) is 5.71. The fraction of sp³-hybridized carbons (Fsp3) is 0.158. The number of carbonyl (C=O) groups is 1. The van der Waals surface area contributed by atoms with Gasteiger partial charge < -0.3 is 19.2 Å². The zero-order valence-corrected chi connectivity index (χ0v) is 13.3. The van der Waals surface area contributed by atoms with Crippen LogP contribution in [0.2, 0.25) is 0 Å². The molecule has 1 amide bonds. The molecule has 1 aliphatic heterocycles. The Kier molecular flexibility index (Phi) is 3.85. The monoisotopic (exact) mass is 337 g/mol. The molecule has 0 spiro atoms. The largest absolute Gasteiger partial charge is 0.493 e. The lowest BCUT2D eigenvalue weighted by atomic mass is 10.1. The minimum Gasteiger partial charge on any atom is -0.493 e. The molecule has 0 fully saturated rings. The molecule has 2 heterocycles. The molecule has 4 rings (SSSR count). The van der Waals surface area contributed by atoms with Crippen LogP contribution in [-0.2, 0) is 11.2 Å². The molecule has 0 radical (unpaired) electrons. The number of fused-ring (bicyclic) bond motifs is 2. The van der Waals surface area contributed by atoms with Crippen LogP contribution in [0.3, 0.4) is 0 Å². The van der Waals surface area contributed by atoms with Gasteiger partial charge in [-0.15, -0.1) is 0 Å². The third-order valence-electron chi connectivity index (χ3n) is 3.94. The van der Waals surface area contributed by atoms with E-state index < -0.39 is 5.63 Å². The van der Waals surface area contributed by atoms with Crippen LogP contribution in [0, 0.1) is 0 Å². The summed E-state index contributed by atoms with van der Waals surface area (Å²) in [7, 11) is 0. The Bertz CT molecular complexity index is 1010. The highest BCUT2D eigenvalue weighted by atomic mass is 16.5. The molecule has 0 unspecified atom stereocenters. The molecule has 0 saturated heterocycles. The van der Waals surface area contributed by atoms with Gasteiger partial charge in [-0.25, -0.2) is 4.79 Å². The zero-order chi connectivity index (χ0) is 17.2. The van der Waals surface area contributed by atoms with Crippen molar-refractivity contribution in [1.82, 2.24) is 0 Å². The second-order valence-corrected chi connectivity index (χ2v) is 5.71. The maximum absolute atomic E-state index is 12.1. The molecule has 3 aromatic rings. The standard InChI is InChI=1S/C19H15NO5/c21-18(20-14-3-5-16-13(9-14)7-8-23-16)11-24-15-4-1-12-2-6-19(22)25-17(12)10-15/h1-6,9-10H,7-8,11H2,(H,20,21). The number of rotatable bonds is 4. The summed E-state index contributed by atoms with van der Waals surface area (Å²) in [5, 5.41) is 3.58. The van der Waals surface area contributed by atoms with Crippen molar-refractivity contribution in [1.29, 1.82) is 0 Å². The predicted octanol–water partition coefficient (Wildman–Crippen LogP) is 2.75. The minimum atomic E-state index is -0.428. The Labute approximate surface area is 143 Å². The highest BCUT2D eigenvalue weighted by molar-refractivity contribution is 5.92. The van der Waals surface area contributed by atoms with Crippen molar-refractivity contribution in [3.05, 3.63) is 64.5 Å². The predicted molar refractivity (Wildman–Crippen MR) is 92.2 cm³/mol. The van der Waals surface area contributed by atoms with Gasteiger partial charge >= 0.3 is 5.63 Å². The first-order chi connectivity index (χ1) is 12.2. The minimum absolute atomic E-state index is 0.143. The molecule has 6 nitrogen and oxygen atoms in total. The number of nitrogens with one attached hydrogen (secondary N) is 1. The Morgan fingerprint density at radius 2 is 2.00 bits per heavy atom. The lowest BCUT2D eigenvalue weighted by molar-refractivity contribution is -0.118. The summed E-state index contributed by atoms with van der Waals surface area (Å²) in [6, 6.07) is 13.7. The lowest BCUT2D eigenvalue weighted by Crippen LogP contribution is -2.20. The first kappa shape index (κ1) is 15.3. The Balaban J connectivity index is 1.40. The first-order valence-corrected chi connectivity index (χ1v) is 7.90. The van der Waals surface area contributed by atoms with E-state index in [1.807, 2.05) is 12.1 Å². The second kappa shape index (κ2) is 6.32. The van der Waals surface area contributed by atoms with Crippen LogP contribution in [0.15, 0.2) is 57.7 Å². The van der Waals surface area contributed by atoms with Gasteiger partial charge in [-0.1, -0.05) is 0 Å². The van der Waals surface area contributed by atoms with Gasteiger partial charge in [0.1, 0.15) is 17.1 Å². The molecule has 1 N–H and O–H groups in total. The summed E-state index contributed by atoms with van der Waals surface area (Å²) in [6.45, 7) is 0.532. The van der Waals surface area contributed by atoms with Gasteiger partial charge in [0.25, 0.3) is 5.91 Å². The maximum Gasteiger partial charge on any atom is 0.336 e. The van der Waals surface area contributed by atoms with Crippen molar-refractivity contribution < 1.29 is 18.7 Å². The number of amides is 1. The molecule has 1 aliphatic rings. The van der Waals surface area contributed by atoms with Gasteiger partial charge in [0.2, 0.25) is 0 Å². The molecular weight excluding hydrogens is 322 g/mol. The van der Waals surface area contributed by atoms with E-state index in [1.54, 1.807) is 30.3 Å². The molecular formula is C19H15NO5. The van der Waals surface area contributed by atoms with Crippen molar-refractivity contribution in [2.75, 3.05) is 18.5 Å². The van der Waals surface area contributed by atoms with Crippen LogP contribution in [0.25, 0.3) is 11.0 Å². The Morgan fingerprint density at radius 1 is 1.12 bits per heavy atom. The van der Waals surface area contributed by atoms with Crippen LogP contribution < -0.4 is 20.4 Å². The third-order valence-corrected chi connectivity index (χ3v) is 3.94. The van der Waals surface area contributed by atoms with E-state index in [4.69, 9.17) is 13.9 Å². The molecule has 1 aromatic heterocycles. The van der Waals surface area contributed by atoms with Crippen molar-refractivity contribution in [2.45, 2.75) is 6.42 Å². The van der Waals surface area contributed by atoms with Gasteiger partial charge in [0.05, 0.1) is 6.61 Å². The van der Waals surface area contributed by atoms with E-state index in [0.29, 0.717) is 23.6 Å². The smallest absolute Gasteiger partial charge is 0.336 e. The highest BCUT2D eigenvalue weighted by Crippen LogP contribution is 2.27. The maximum atomic E-state index is 12.1. The SMILES string of the molecule is O=C(COc1ccc2ccc(=O)oc2c1)Nc1ccc2c(c1)CCO2. The van der Waals surface area contributed by atoms with E-state index >= 15 is 0 Å². The number of carbonyl (C=O) groups excluding carboxylic acids is 1. The third kappa shape index (κ3) is 3.33. The van der Waals surface area contributed by atoms with Crippen LogP contribution in [0.5, 0.6) is 11.5 Å². The number of hydrogen-bond acceptors (Lipinski definition) is 5. The number of benzene rings is 2. The van der Waals surface area contributed by atoms with Crippen molar-refractivity contribution >= 4 is 22.6 Å². The topological polar surface area (TPSA) is 77.8 Å². The number of ether oxygens (including phenoxy) is 2. The fourth-order valence-corrected chi connectivity index (χ4v) is 2.74. The van der Waals surface area contributed by atoms with E-state index in [-0.39, 0.29) is 12.5 Å². The number of anilines is 1. The molecule has 2 aromatic carbocycles. The summed E-state index contributed by atoms with van der Waals surface area (Å²) in [5.41, 5.74) is 1.79. The summed E-state index contributed by atoms with van der Waals surface area (Å²) in [5.74, 6) is 1.06. The first-order valence-electron chi connectivity index (χ1n) is 7.90. The van der Waals surface area contributed by atoms with E-state index in [2.05, 4.69) is 5.32 Å². The van der Waals surface area contributed by atoms with Crippen LogP contribution in [0.1, 0.15) is 5.56 Å². The van der Waals surface area contributed by atoms with Crippen LogP contribution in [-0.4, -0.2) is 19.1 Å². The molecule has 0 aliphatic carbocycles. The van der Waals surface area contributed by atoms with Gasteiger partial charge in [-0.3, -0.25) is 4.79 Å². The van der Waals surface area contributed by atoms with Crippen LogP contribution >= 0.6 is 0 Å². The number of hydrogen-bond donors (Lipinski definition) is 1. The van der Waals surface area contributed by atoms with Gasteiger partial charge in [-0.05, 0) is 42.0 Å². The molecule has 0 bridgehead atoms. The summed E-state index contributed by atoms with van der Waals surface area (Å²) in [6.07, 6.45) is 0.845. The van der Waals surface area contributed by atoms with Gasteiger partial charge in [-0.2, -0.15) is 0 Å². The highest BCUT2D eigenvalue weighted by Gasteiger charge is 2.13. The molecule has 25 heavy (non-hydrogen) atoms. The Hall–Kier alpha value is -3.28. The van der Waals surface area contributed by atoms with E-state index in [0.717, 1.165) is 23.1 Å². The summed E-state index contributed by atoms with van der Waals surface area (Å²) in [4.78, 5) is 23.3. The molecule has 0 saturated carbocycles. The van der Waals surface area contributed by atoms with Crippen molar-refractivity contribution in [2.24, 2.45) is 0 Å². The summed E-state index contributed by atoms with van der Waals surface area (Å²) >= 11 is 0. The molecule has 0 atom stereocenters. The fourth-order valence-electron chi connectivity index (χ4n) is 2.74. The average molecular weight is 337 g/mol. The van der Waals surface area contributed by atoms with Crippen molar-refractivity contribution in [3.63, 3.8) is 0 Å². The van der Waals surface area contributed by atoms with Crippen LogP contribution in [0.4, 0.5) is 5.69 Å². The lowest BCUT2D eigenvalue weighted by Gasteiger charge is -2.09. The van der Waals surface area contributed by atoms with E-state index in [1.165, 1.54) is 6.07 Å². The van der Waals surface area contributed by atoms with E-state index in [9.17, 15) is 9.59 Å². The molecule has 126 valence electrons. The average Bonchev–Trinajstić information content (AvgIpc) is 3.07. The Morgan fingerprint density at radius 3 is 2.92 bits per heavy atom. The summed E-state index contributed by atoms with van der Waals surface area (Å²) < 4.78 is 16.0. The quantitative estimate of drug-likeness (QED) is 0.741.